The van der Waals surface area contributed by atoms with Gasteiger partial charge in [0.15, 0.2) is 0 Å². The summed E-state index contributed by atoms with van der Waals surface area (Å²) in [6, 6.07) is 10.5. The van der Waals surface area contributed by atoms with Gasteiger partial charge < -0.3 is 4.90 Å². The van der Waals surface area contributed by atoms with E-state index in [0.717, 1.165) is 52.7 Å². The van der Waals surface area contributed by atoms with Crippen LogP contribution in [0.1, 0.15) is 85.3 Å². The molecule has 2 saturated heterocycles. The van der Waals surface area contributed by atoms with Crippen molar-refractivity contribution in [2.75, 3.05) is 18.0 Å². The zero-order chi connectivity index (χ0) is 27.0. The zero-order valence-corrected chi connectivity index (χ0v) is 22.8. The Morgan fingerprint density at radius 1 is 0.975 bits per heavy atom. The summed E-state index contributed by atoms with van der Waals surface area (Å²) >= 11 is 0. The highest BCUT2D eigenvalue weighted by Crippen LogP contribution is 2.57. The van der Waals surface area contributed by atoms with E-state index in [1.165, 1.54) is 50.8 Å². The zero-order valence-electron chi connectivity index (χ0n) is 22.8. The van der Waals surface area contributed by atoms with E-state index in [9.17, 15) is 14.4 Å². The van der Waals surface area contributed by atoms with Gasteiger partial charge in [-0.1, -0.05) is 24.6 Å². The maximum Gasteiger partial charge on any atom is 0.259 e. The van der Waals surface area contributed by atoms with Crippen LogP contribution < -0.4 is 10.2 Å². The first kappa shape index (κ1) is 24.3. The van der Waals surface area contributed by atoms with Crippen molar-refractivity contribution in [2.24, 2.45) is 5.41 Å². The number of carbonyl (C=O) groups is 3. The van der Waals surface area contributed by atoms with Crippen molar-refractivity contribution >= 4 is 34.2 Å². The molecule has 3 aliphatic heterocycles. The Balaban J connectivity index is 0.985. The smallest absolute Gasteiger partial charge is 0.259 e. The number of rotatable bonds is 5. The van der Waals surface area contributed by atoms with Gasteiger partial charge in [0.2, 0.25) is 11.8 Å². The first-order chi connectivity index (χ1) is 19.5. The lowest BCUT2D eigenvalue weighted by atomic mass is 9.53. The average Bonchev–Trinajstić information content (AvgIpc) is 3.48. The highest BCUT2D eigenvalue weighted by atomic mass is 16.2. The molecule has 5 aliphatic rings. The molecule has 8 nitrogen and oxygen atoms in total. The van der Waals surface area contributed by atoms with Crippen molar-refractivity contribution in [3.05, 3.63) is 59.4 Å². The molecule has 4 heterocycles. The quantitative estimate of drug-likeness (QED) is 0.489. The second-order valence-corrected chi connectivity index (χ2v) is 12.8. The maximum absolute atomic E-state index is 13.4. The van der Waals surface area contributed by atoms with Crippen LogP contribution in [-0.4, -0.2) is 57.6 Å². The Hall–Kier alpha value is -3.52. The van der Waals surface area contributed by atoms with Gasteiger partial charge in [0.1, 0.15) is 6.04 Å². The largest absolute Gasteiger partial charge is 0.300 e. The van der Waals surface area contributed by atoms with Gasteiger partial charge in [-0.2, -0.15) is 5.10 Å². The van der Waals surface area contributed by atoms with E-state index in [1.807, 2.05) is 24.4 Å². The van der Waals surface area contributed by atoms with E-state index in [-0.39, 0.29) is 18.2 Å². The molecular formula is C32H35N5O3. The van der Waals surface area contributed by atoms with Crippen LogP contribution in [0.2, 0.25) is 0 Å². The number of carbonyl (C=O) groups excluding carboxylic acids is 3. The molecule has 8 rings (SSSR count). The Morgan fingerprint density at radius 2 is 1.80 bits per heavy atom. The van der Waals surface area contributed by atoms with Crippen LogP contribution in [0.4, 0.5) is 5.69 Å². The molecule has 0 radical (unpaired) electrons. The monoisotopic (exact) mass is 537 g/mol. The third-order valence-corrected chi connectivity index (χ3v) is 10.5. The Labute approximate surface area is 233 Å². The average molecular weight is 538 g/mol. The van der Waals surface area contributed by atoms with Gasteiger partial charge in [-0.25, -0.2) is 0 Å². The number of amides is 3. The third kappa shape index (κ3) is 3.75. The minimum Gasteiger partial charge on any atom is -0.300 e. The first-order valence-corrected chi connectivity index (χ1v) is 15.0. The van der Waals surface area contributed by atoms with Crippen LogP contribution in [0, 0.1) is 5.41 Å². The molecule has 3 aromatic rings. The number of nitrogens with zero attached hydrogens (tertiary/aromatic N) is 4. The van der Waals surface area contributed by atoms with Crippen molar-refractivity contribution in [3.8, 4) is 0 Å². The molecule has 2 aromatic carbocycles. The molecule has 4 fully saturated rings. The predicted octanol–water partition coefficient (Wildman–Crippen LogP) is 4.36. The Bertz CT molecular complexity index is 1540. The number of anilines is 1. The second-order valence-electron chi connectivity index (χ2n) is 12.8. The summed E-state index contributed by atoms with van der Waals surface area (Å²) in [7, 11) is 0. The van der Waals surface area contributed by atoms with E-state index in [2.05, 4.69) is 33.2 Å². The molecule has 206 valence electrons. The van der Waals surface area contributed by atoms with E-state index in [4.69, 9.17) is 5.10 Å². The fourth-order valence-electron chi connectivity index (χ4n) is 8.15. The minimum absolute atomic E-state index is 0.170. The topological polar surface area (TPSA) is 87.5 Å². The lowest BCUT2D eigenvalue weighted by molar-refractivity contribution is -0.134. The lowest BCUT2D eigenvalue weighted by Crippen LogP contribution is -2.55. The van der Waals surface area contributed by atoms with E-state index in [0.29, 0.717) is 18.0 Å². The van der Waals surface area contributed by atoms with Gasteiger partial charge in [-0.15, -0.1) is 0 Å². The first-order valence-electron chi connectivity index (χ1n) is 15.0. The van der Waals surface area contributed by atoms with Gasteiger partial charge in [-0.3, -0.25) is 29.3 Å². The lowest BCUT2D eigenvalue weighted by Gasteiger charge is -2.58. The Morgan fingerprint density at radius 3 is 2.55 bits per heavy atom. The number of likely N-dealkylation sites (tertiary alicyclic amines) is 1. The molecule has 1 N–H and O–H groups in total. The molecule has 1 atom stereocenters. The number of piperidine rings is 2. The second kappa shape index (κ2) is 8.99. The highest BCUT2D eigenvalue weighted by molar-refractivity contribution is 6.27. The summed E-state index contributed by atoms with van der Waals surface area (Å²) in [5, 5.41) is 9.10. The molecule has 2 saturated carbocycles. The molecule has 1 aromatic heterocycles. The van der Waals surface area contributed by atoms with Crippen LogP contribution in [0.3, 0.4) is 0 Å². The molecule has 1 spiro atoms. The molecule has 40 heavy (non-hydrogen) atoms. The van der Waals surface area contributed by atoms with Crippen LogP contribution in [-0.2, 0) is 16.0 Å². The molecule has 8 heteroatoms. The maximum atomic E-state index is 13.4. The van der Waals surface area contributed by atoms with Crippen LogP contribution >= 0.6 is 0 Å². The highest BCUT2D eigenvalue weighted by Gasteiger charge is 2.50. The van der Waals surface area contributed by atoms with Crippen molar-refractivity contribution in [3.63, 3.8) is 0 Å². The van der Waals surface area contributed by atoms with Crippen LogP contribution in [0.15, 0.2) is 42.7 Å². The number of benzene rings is 2. The fourth-order valence-corrected chi connectivity index (χ4v) is 8.15. The summed E-state index contributed by atoms with van der Waals surface area (Å²) in [6.45, 7) is 2.35. The molecule has 3 amide bonds. The van der Waals surface area contributed by atoms with Gasteiger partial charge in [-0.05, 0) is 79.0 Å². The molecule has 0 bridgehead atoms. The number of imide groups is 1. The summed E-state index contributed by atoms with van der Waals surface area (Å²) in [5.74, 6) is -0.851. The number of hydrogen-bond donors (Lipinski definition) is 1. The minimum atomic E-state index is -0.667. The van der Waals surface area contributed by atoms with Gasteiger partial charge in [0, 0.05) is 49.1 Å². The summed E-state index contributed by atoms with van der Waals surface area (Å²) in [4.78, 5) is 42.1. The Kier molecular flexibility index (Phi) is 5.46. The number of hydrogen-bond acceptors (Lipinski definition) is 5. The van der Waals surface area contributed by atoms with Crippen molar-refractivity contribution in [1.82, 2.24) is 20.0 Å². The van der Waals surface area contributed by atoms with Crippen molar-refractivity contribution in [1.29, 1.82) is 0 Å². The van der Waals surface area contributed by atoms with E-state index in [1.54, 1.807) is 4.90 Å². The number of nitrogens with one attached hydrogen (secondary N) is 1. The van der Waals surface area contributed by atoms with Crippen LogP contribution in [0.5, 0.6) is 0 Å². The van der Waals surface area contributed by atoms with Gasteiger partial charge >= 0.3 is 0 Å². The SMILES string of the molecule is O=C1CCC(N2C(=O)c3cccc4c(Cc5cnn(C6CCN(C7CC8(CCC8)C7)CC6)c5)ccc2c34)C(=O)N1. The predicted molar refractivity (Wildman–Crippen MR) is 151 cm³/mol. The van der Waals surface area contributed by atoms with E-state index >= 15 is 0 Å². The van der Waals surface area contributed by atoms with E-state index < -0.39 is 11.9 Å². The number of aromatic nitrogens is 2. The third-order valence-electron chi connectivity index (χ3n) is 10.5. The van der Waals surface area contributed by atoms with Crippen LogP contribution in [0.25, 0.3) is 10.8 Å². The normalized spacial score (nSPS) is 24.9. The van der Waals surface area contributed by atoms with Crippen molar-refractivity contribution in [2.45, 2.75) is 82.3 Å². The summed E-state index contributed by atoms with van der Waals surface area (Å²) < 4.78 is 2.18. The molecular weight excluding hydrogens is 502 g/mol. The summed E-state index contributed by atoms with van der Waals surface area (Å²) in [5.41, 5.74) is 4.42. The fraction of sp³-hybridized carbons (Fsp3) is 0.500. The van der Waals surface area contributed by atoms with Crippen molar-refractivity contribution < 1.29 is 14.4 Å². The standard InChI is InChI=1S/C32H35N5O3/c38-28-8-7-27(30(39)34-28)37-26-6-5-21(24-3-1-4-25(29(24)26)31(37)40)15-20-18-33-36(19-20)22-9-13-35(14-10-22)23-16-32(17-23)11-2-12-32/h1,3-6,18-19,22-23,27H,2,7-17H2,(H,34,38,39). The summed E-state index contributed by atoms with van der Waals surface area (Å²) in [6.07, 6.45) is 15.0. The molecule has 1 unspecified atom stereocenters. The van der Waals surface area contributed by atoms with Gasteiger partial charge in [0.05, 0.1) is 17.9 Å². The molecule has 2 aliphatic carbocycles. The van der Waals surface area contributed by atoms with Gasteiger partial charge in [0.25, 0.3) is 5.91 Å².